The zero-order chi connectivity index (χ0) is 14.5. The molecular formula is C16H17FO3. The van der Waals surface area contributed by atoms with Crippen molar-refractivity contribution in [2.45, 2.75) is 12.7 Å². The first kappa shape index (κ1) is 14.5. The van der Waals surface area contributed by atoms with E-state index in [9.17, 15) is 9.50 Å². The summed E-state index contributed by atoms with van der Waals surface area (Å²) in [5.41, 5.74) is 2.02. The summed E-state index contributed by atoms with van der Waals surface area (Å²) in [6.45, 7) is 0.459. The van der Waals surface area contributed by atoms with Crippen LogP contribution in [0.15, 0.2) is 42.5 Å². The highest BCUT2D eigenvalue weighted by molar-refractivity contribution is 5.41. The molecule has 0 heterocycles. The lowest BCUT2D eigenvalue weighted by Crippen LogP contribution is -2.04. The molecule has 0 amide bonds. The van der Waals surface area contributed by atoms with Gasteiger partial charge in [-0.2, -0.15) is 0 Å². The first-order valence-electron chi connectivity index (χ1n) is 6.25. The second-order valence-corrected chi connectivity index (χ2v) is 4.47. The van der Waals surface area contributed by atoms with E-state index in [1.54, 1.807) is 13.2 Å². The molecule has 2 rings (SSSR count). The van der Waals surface area contributed by atoms with E-state index in [4.69, 9.17) is 9.47 Å². The summed E-state index contributed by atoms with van der Waals surface area (Å²) in [5, 5.41) is 10.4. The van der Waals surface area contributed by atoms with Gasteiger partial charge in [0.2, 0.25) is 0 Å². The van der Waals surface area contributed by atoms with Crippen LogP contribution in [0.4, 0.5) is 4.39 Å². The summed E-state index contributed by atoms with van der Waals surface area (Å²) in [6, 6.07) is 11.4. The highest BCUT2D eigenvalue weighted by Crippen LogP contribution is 2.31. The van der Waals surface area contributed by atoms with Gasteiger partial charge in [-0.1, -0.05) is 24.3 Å². The number of halogens is 1. The first-order chi connectivity index (χ1) is 9.65. The van der Waals surface area contributed by atoms with E-state index in [1.807, 2.05) is 18.2 Å². The van der Waals surface area contributed by atoms with Gasteiger partial charge in [-0.15, -0.1) is 0 Å². The van der Waals surface area contributed by atoms with Crippen LogP contribution in [0, 0.1) is 5.82 Å². The first-order valence-corrected chi connectivity index (χ1v) is 6.25. The lowest BCUT2D eigenvalue weighted by atomic mass is 9.99. The SMILES string of the molecule is COCc1cccc(C(O)c2cc(F)ccc2OC)c1. The van der Waals surface area contributed by atoms with Crippen molar-refractivity contribution in [3.63, 3.8) is 0 Å². The molecule has 0 aliphatic heterocycles. The standard InChI is InChI=1S/C16H17FO3/c1-19-10-11-4-3-5-12(8-11)16(18)14-9-13(17)6-7-15(14)20-2/h3-9,16,18H,10H2,1-2H3. The molecule has 0 aliphatic carbocycles. The van der Waals surface area contributed by atoms with Crippen molar-refractivity contribution in [1.82, 2.24) is 0 Å². The maximum absolute atomic E-state index is 13.4. The molecule has 0 aromatic heterocycles. The molecule has 0 aliphatic rings. The van der Waals surface area contributed by atoms with Gasteiger partial charge >= 0.3 is 0 Å². The fraction of sp³-hybridized carbons (Fsp3) is 0.250. The van der Waals surface area contributed by atoms with Crippen molar-refractivity contribution in [3.8, 4) is 5.75 Å². The molecule has 0 saturated carbocycles. The van der Waals surface area contributed by atoms with Crippen molar-refractivity contribution < 1.29 is 19.0 Å². The molecule has 2 aromatic carbocycles. The van der Waals surface area contributed by atoms with Crippen LogP contribution < -0.4 is 4.74 Å². The van der Waals surface area contributed by atoms with Crippen molar-refractivity contribution in [2.75, 3.05) is 14.2 Å². The third-order valence-corrected chi connectivity index (χ3v) is 3.06. The van der Waals surface area contributed by atoms with Gasteiger partial charge in [-0.05, 0) is 29.3 Å². The van der Waals surface area contributed by atoms with Gasteiger partial charge in [0.25, 0.3) is 0 Å². The monoisotopic (exact) mass is 276 g/mol. The summed E-state index contributed by atoms with van der Waals surface area (Å²) in [5.74, 6) is 0.0453. The number of hydrogen-bond donors (Lipinski definition) is 1. The number of rotatable bonds is 5. The Balaban J connectivity index is 2.37. The maximum atomic E-state index is 13.4. The topological polar surface area (TPSA) is 38.7 Å². The Hall–Kier alpha value is -1.91. The van der Waals surface area contributed by atoms with Gasteiger partial charge < -0.3 is 14.6 Å². The third-order valence-electron chi connectivity index (χ3n) is 3.06. The molecule has 0 bridgehead atoms. The highest BCUT2D eigenvalue weighted by atomic mass is 19.1. The average Bonchev–Trinajstić information content (AvgIpc) is 2.47. The summed E-state index contributed by atoms with van der Waals surface area (Å²) in [6.07, 6.45) is -0.947. The molecule has 0 saturated heterocycles. The van der Waals surface area contributed by atoms with Crippen LogP contribution in [0.2, 0.25) is 0 Å². The van der Waals surface area contributed by atoms with Crippen molar-refractivity contribution in [3.05, 3.63) is 65.0 Å². The Labute approximate surface area is 117 Å². The van der Waals surface area contributed by atoms with Crippen molar-refractivity contribution in [2.24, 2.45) is 0 Å². The van der Waals surface area contributed by atoms with E-state index in [0.717, 1.165) is 5.56 Å². The zero-order valence-electron chi connectivity index (χ0n) is 11.5. The molecule has 1 N–H and O–H groups in total. The number of hydrogen-bond acceptors (Lipinski definition) is 3. The van der Waals surface area contributed by atoms with Gasteiger partial charge in [0.05, 0.1) is 13.7 Å². The smallest absolute Gasteiger partial charge is 0.125 e. The molecule has 20 heavy (non-hydrogen) atoms. The lowest BCUT2D eigenvalue weighted by Gasteiger charge is -2.16. The van der Waals surface area contributed by atoms with E-state index in [1.165, 1.54) is 25.3 Å². The normalized spacial score (nSPS) is 12.2. The number of aliphatic hydroxyl groups excluding tert-OH is 1. The molecule has 0 radical (unpaired) electrons. The molecule has 0 fully saturated rings. The minimum atomic E-state index is -0.947. The summed E-state index contributed by atoms with van der Waals surface area (Å²) >= 11 is 0. The Kier molecular flexibility index (Phi) is 4.71. The second kappa shape index (κ2) is 6.50. The number of methoxy groups -OCH3 is 2. The summed E-state index contributed by atoms with van der Waals surface area (Å²) < 4.78 is 23.6. The molecule has 4 heteroatoms. The van der Waals surface area contributed by atoms with Crippen molar-refractivity contribution in [1.29, 1.82) is 0 Å². The molecular weight excluding hydrogens is 259 g/mol. The predicted molar refractivity (Wildman–Crippen MR) is 74.2 cm³/mol. The molecule has 106 valence electrons. The van der Waals surface area contributed by atoms with Crippen LogP contribution in [0.25, 0.3) is 0 Å². The minimum absolute atomic E-state index is 0.405. The van der Waals surface area contributed by atoms with Crippen LogP contribution in [0.3, 0.4) is 0 Å². The highest BCUT2D eigenvalue weighted by Gasteiger charge is 2.16. The Morgan fingerprint density at radius 3 is 2.65 bits per heavy atom. The molecule has 3 nitrogen and oxygen atoms in total. The predicted octanol–water partition coefficient (Wildman–Crippen LogP) is 3.06. The van der Waals surface area contributed by atoms with Crippen LogP contribution in [0.5, 0.6) is 5.75 Å². The molecule has 1 unspecified atom stereocenters. The Morgan fingerprint density at radius 2 is 1.95 bits per heavy atom. The largest absolute Gasteiger partial charge is 0.496 e. The zero-order valence-corrected chi connectivity index (χ0v) is 11.5. The fourth-order valence-corrected chi connectivity index (χ4v) is 2.12. The summed E-state index contributed by atoms with van der Waals surface area (Å²) in [4.78, 5) is 0. The second-order valence-electron chi connectivity index (χ2n) is 4.47. The number of ether oxygens (including phenoxy) is 2. The van der Waals surface area contributed by atoms with Gasteiger partial charge in [0.1, 0.15) is 17.7 Å². The third kappa shape index (κ3) is 3.15. The van der Waals surface area contributed by atoms with E-state index in [2.05, 4.69) is 0 Å². The molecule has 1 atom stereocenters. The molecule has 0 spiro atoms. The van der Waals surface area contributed by atoms with Gasteiger partial charge in [0, 0.05) is 12.7 Å². The van der Waals surface area contributed by atoms with Crippen LogP contribution in [-0.4, -0.2) is 19.3 Å². The Morgan fingerprint density at radius 1 is 1.15 bits per heavy atom. The van der Waals surface area contributed by atoms with Gasteiger partial charge in [0.15, 0.2) is 0 Å². The Bertz CT molecular complexity index is 584. The average molecular weight is 276 g/mol. The quantitative estimate of drug-likeness (QED) is 0.912. The van der Waals surface area contributed by atoms with E-state index >= 15 is 0 Å². The van der Waals surface area contributed by atoms with E-state index < -0.39 is 11.9 Å². The molecule has 2 aromatic rings. The number of benzene rings is 2. The fourth-order valence-electron chi connectivity index (χ4n) is 2.12. The van der Waals surface area contributed by atoms with Crippen molar-refractivity contribution >= 4 is 0 Å². The summed E-state index contributed by atoms with van der Waals surface area (Å²) in [7, 11) is 3.10. The van der Waals surface area contributed by atoms with Crippen LogP contribution >= 0.6 is 0 Å². The maximum Gasteiger partial charge on any atom is 0.125 e. The lowest BCUT2D eigenvalue weighted by molar-refractivity contribution is 0.184. The van der Waals surface area contributed by atoms with Gasteiger partial charge in [-0.25, -0.2) is 4.39 Å². The van der Waals surface area contributed by atoms with E-state index in [0.29, 0.717) is 23.5 Å². The van der Waals surface area contributed by atoms with Crippen LogP contribution in [-0.2, 0) is 11.3 Å². The van der Waals surface area contributed by atoms with E-state index in [-0.39, 0.29) is 0 Å². The minimum Gasteiger partial charge on any atom is -0.496 e. The number of aliphatic hydroxyl groups is 1. The van der Waals surface area contributed by atoms with Gasteiger partial charge in [-0.3, -0.25) is 0 Å². The van der Waals surface area contributed by atoms with Crippen LogP contribution in [0.1, 0.15) is 22.8 Å².